The minimum Gasteiger partial charge on any atom is -0.481 e. The number of carboxylic acids is 2. The van der Waals surface area contributed by atoms with Gasteiger partial charge in [-0.3, -0.25) is 19.2 Å². The molecule has 1 aromatic heterocycles. The lowest BCUT2D eigenvalue weighted by atomic mass is 10.0. The molecular weight excluding hydrogens is 484 g/mol. The number of benzene rings is 1. The molecule has 3 amide bonds. The van der Waals surface area contributed by atoms with Crippen LogP contribution in [0.5, 0.6) is 0 Å². The van der Waals surface area contributed by atoms with Gasteiger partial charge in [0, 0.05) is 29.9 Å². The topological polar surface area (TPSA) is 230 Å². The number of amides is 3. The van der Waals surface area contributed by atoms with E-state index in [0.717, 1.165) is 16.5 Å². The van der Waals surface area contributed by atoms with Crippen LogP contribution in [0.1, 0.15) is 37.7 Å². The molecule has 0 spiro atoms. The molecule has 0 saturated heterocycles. The fourth-order valence-corrected chi connectivity index (χ4v) is 3.71. The Labute approximate surface area is 213 Å². The third-order valence-electron chi connectivity index (χ3n) is 5.74. The number of hydrogen-bond donors (Lipinski definition) is 8. The average molecular weight is 519 g/mol. The molecule has 1 heterocycles. The highest BCUT2D eigenvalue weighted by Crippen LogP contribution is 2.19. The van der Waals surface area contributed by atoms with Crippen LogP contribution in [0.2, 0.25) is 0 Å². The number of para-hydroxylation sites is 1. The van der Waals surface area contributed by atoms with E-state index in [9.17, 15) is 29.1 Å². The van der Waals surface area contributed by atoms with E-state index in [-0.39, 0.29) is 25.7 Å². The van der Waals surface area contributed by atoms with E-state index in [1.165, 1.54) is 0 Å². The van der Waals surface area contributed by atoms with Gasteiger partial charge in [0.1, 0.15) is 12.1 Å². The number of aromatic amines is 1. The van der Waals surface area contributed by atoms with Crippen molar-refractivity contribution in [2.75, 3.05) is 13.1 Å². The summed E-state index contributed by atoms with van der Waals surface area (Å²) in [4.78, 5) is 63.2. The largest absolute Gasteiger partial charge is 0.481 e. The molecule has 0 aliphatic carbocycles. The minimum absolute atomic E-state index is 0.0583. The molecule has 1 aromatic carbocycles. The van der Waals surface area contributed by atoms with Crippen LogP contribution in [-0.2, 0) is 30.4 Å². The third-order valence-corrected chi connectivity index (χ3v) is 5.74. The lowest BCUT2D eigenvalue weighted by Crippen LogP contribution is -2.54. The van der Waals surface area contributed by atoms with E-state index < -0.39 is 54.3 Å². The highest BCUT2D eigenvalue weighted by Gasteiger charge is 2.27. The molecule has 13 heteroatoms. The first-order chi connectivity index (χ1) is 17.6. The van der Waals surface area contributed by atoms with Crippen LogP contribution in [-0.4, -0.2) is 76.1 Å². The Bertz CT molecular complexity index is 1100. The van der Waals surface area contributed by atoms with Crippen LogP contribution in [0.3, 0.4) is 0 Å². The first-order valence-electron chi connectivity index (χ1n) is 11.9. The molecular formula is C24H34N6O7. The number of carboxylic acid groups (broad SMARTS) is 2. The van der Waals surface area contributed by atoms with Crippen molar-refractivity contribution in [2.24, 2.45) is 11.5 Å². The van der Waals surface area contributed by atoms with Crippen LogP contribution in [0.4, 0.5) is 0 Å². The number of fused-ring (bicyclic) bond motifs is 1. The quantitative estimate of drug-likeness (QED) is 0.130. The van der Waals surface area contributed by atoms with Crippen LogP contribution in [0, 0.1) is 0 Å². The van der Waals surface area contributed by atoms with Crippen molar-refractivity contribution in [3.05, 3.63) is 36.0 Å². The van der Waals surface area contributed by atoms with Crippen LogP contribution in [0.25, 0.3) is 10.9 Å². The van der Waals surface area contributed by atoms with E-state index in [4.69, 9.17) is 16.6 Å². The number of H-pyrrole nitrogens is 1. The second-order valence-corrected chi connectivity index (χ2v) is 8.62. The monoisotopic (exact) mass is 518 g/mol. The highest BCUT2D eigenvalue weighted by atomic mass is 16.4. The van der Waals surface area contributed by atoms with Crippen LogP contribution < -0.4 is 27.4 Å². The van der Waals surface area contributed by atoms with Crippen molar-refractivity contribution in [2.45, 2.75) is 56.7 Å². The summed E-state index contributed by atoms with van der Waals surface area (Å²) in [6, 6.07) is 3.97. The van der Waals surface area contributed by atoms with E-state index in [1.807, 2.05) is 24.3 Å². The number of rotatable bonds is 16. The molecule has 0 radical (unpaired) electrons. The summed E-state index contributed by atoms with van der Waals surface area (Å²) in [6.45, 7) is -0.110. The second-order valence-electron chi connectivity index (χ2n) is 8.62. The van der Waals surface area contributed by atoms with Gasteiger partial charge in [-0.25, -0.2) is 4.79 Å². The summed E-state index contributed by atoms with van der Waals surface area (Å²) >= 11 is 0. The van der Waals surface area contributed by atoms with E-state index in [2.05, 4.69) is 20.9 Å². The van der Waals surface area contributed by atoms with Gasteiger partial charge in [0.25, 0.3) is 0 Å². The summed E-state index contributed by atoms with van der Waals surface area (Å²) in [5.41, 5.74) is 12.7. The van der Waals surface area contributed by atoms with Gasteiger partial charge in [-0.05, 0) is 43.9 Å². The Morgan fingerprint density at radius 3 is 2.35 bits per heavy atom. The molecule has 0 aliphatic heterocycles. The zero-order valence-electron chi connectivity index (χ0n) is 20.4. The van der Waals surface area contributed by atoms with Gasteiger partial charge in [0.15, 0.2) is 0 Å². The molecule has 0 saturated carbocycles. The normalized spacial score (nSPS) is 13.4. The molecule has 3 unspecified atom stereocenters. The molecule has 3 atom stereocenters. The number of carbonyl (C=O) groups is 5. The molecule has 13 nitrogen and oxygen atoms in total. The Kier molecular flexibility index (Phi) is 11.5. The maximum Gasteiger partial charge on any atom is 0.326 e. The Morgan fingerprint density at radius 1 is 0.946 bits per heavy atom. The highest BCUT2D eigenvalue weighted by molar-refractivity contribution is 5.93. The fraction of sp³-hybridized carbons (Fsp3) is 0.458. The average Bonchev–Trinajstić information content (AvgIpc) is 3.27. The van der Waals surface area contributed by atoms with Crippen molar-refractivity contribution in [1.82, 2.24) is 20.9 Å². The number of nitrogens with one attached hydrogen (secondary N) is 4. The van der Waals surface area contributed by atoms with Gasteiger partial charge in [-0.2, -0.15) is 0 Å². The molecule has 2 aromatic rings. The summed E-state index contributed by atoms with van der Waals surface area (Å²) in [6.07, 6.45) is 2.64. The van der Waals surface area contributed by atoms with Gasteiger partial charge in [-0.1, -0.05) is 18.2 Å². The first-order valence-corrected chi connectivity index (χ1v) is 11.9. The summed E-state index contributed by atoms with van der Waals surface area (Å²) < 4.78 is 0. The zero-order chi connectivity index (χ0) is 27.4. The minimum atomic E-state index is -1.20. The van der Waals surface area contributed by atoms with Crippen LogP contribution >= 0.6 is 0 Å². The van der Waals surface area contributed by atoms with E-state index >= 15 is 0 Å². The van der Waals surface area contributed by atoms with Gasteiger partial charge in [0.2, 0.25) is 17.7 Å². The van der Waals surface area contributed by atoms with E-state index in [0.29, 0.717) is 19.4 Å². The number of aliphatic carboxylic acids is 2. The summed E-state index contributed by atoms with van der Waals surface area (Å²) in [5, 5.41) is 26.4. The molecule has 37 heavy (non-hydrogen) atoms. The van der Waals surface area contributed by atoms with Crippen molar-refractivity contribution < 1.29 is 34.2 Å². The van der Waals surface area contributed by atoms with Gasteiger partial charge < -0.3 is 42.6 Å². The van der Waals surface area contributed by atoms with Gasteiger partial charge >= 0.3 is 11.9 Å². The van der Waals surface area contributed by atoms with Crippen molar-refractivity contribution >= 4 is 40.6 Å². The van der Waals surface area contributed by atoms with Crippen molar-refractivity contribution in [3.63, 3.8) is 0 Å². The smallest absolute Gasteiger partial charge is 0.326 e. The molecule has 202 valence electrons. The third kappa shape index (κ3) is 9.54. The predicted molar refractivity (Wildman–Crippen MR) is 134 cm³/mol. The summed E-state index contributed by atoms with van der Waals surface area (Å²) in [5.74, 6) is -4.41. The number of nitrogens with two attached hydrogens (primary N) is 2. The molecule has 0 fully saturated rings. The van der Waals surface area contributed by atoms with Crippen LogP contribution in [0.15, 0.2) is 30.5 Å². The van der Waals surface area contributed by atoms with Crippen molar-refractivity contribution in [1.29, 1.82) is 0 Å². The van der Waals surface area contributed by atoms with Gasteiger partial charge in [0.05, 0.1) is 12.6 Å². The maximum absolute atomic E-state index is 13.1. The number of hydrogen-bond acceptors (Lipinski definition) is 7. The second kappa shape index (κ2) is 14.6. The Morgan fingerprint density at radius 2 is 1.68 bits per heavy atom. The SMILES string of the molecule is NCCCCC(NC(=O)C(Cc1c[nH]c2ccccc12)NC(=O)CNC(=O)C(N)CCC(=O)O)C(=O)O. The fourth-order valence-electron chi connectivity index (χ4n) is 3.71. The number of unbranched alkanes of at least 4 members (excludes halogenated alkanes) is 1. The predicted octanol–water partition coefficient (Wildman–Crippen LogP) is -0.798. The number of aromatic nitrogens is 1. The lowest BCUT2D eigenvalue weighted by Gasteiger charge is -2.22. The summed E-state index contributed by atoms with van der Waals surface area (Å²) in [7, 11) is 0. The van der Waals surface area contributed by atoms with E-state index in [1.54, 1.807) is 6.20 Å². The zero-order valence-corrected chi connectivity index (χ0v) is 20.4. The molecule has 0 bridgehead atoms. The standard InChI is InChI=1S/C24H34N6O7/c25-10-4-3-7-18(24(36)37)30-23(35)19(11-14-12-27-17-6-2-1-5-15(14)17)29-20(31)13-28-22(34)16(26)8-9-21(32)33/h1-2,5-6,12,16,18-19,27H,3-4,7-11,13,25-26H2,(H,28,34)(H,29,31)(H,30,35)(H,32,33)(H,36,37). The lowest BCUT2D eigenvalue weighted by molar-refractivity contribution is -0.142. The van der Waals surface area contributed by atoms with Gasteiger partial charge in [-0.15, -0.1) is 0 Å². The molecule has 10 N–H and O–H groups in total. The maximum atomic E-state index is 13.1. The van der Waals surface area contributed by atoms with Crippen molar-refractivity contribution in [3.8, 4) is 0 Å². The Hall–Kier alpha value is -3.97. The molecule has 2 rings (SSSR count). The Balaban J connectivity index is 2.10. The molecule has 0 aliphatic rings. The first kappa shape index (κ1) is 29.3. The number of carbonyl (C=O) groups excluding carboxylic acids is 3.